The zero-order chi connectivity index (χ0) is 15.3. The van der Waals surface area contributed by atoms with Gasteiger partial charge in [-0.2, -0.15) is 0 Å². The van der Waals surface area contributed by atoms with Gasteiger partial charge in [0.15, 0.2) is 0 Å². The third-order valence-corrected chi connectivity index (χ3v) is 3.42. The molecule has 0 amide bonds. The highest BCUT2D eigenvalue weighted by atomic mass is 16.6. The minimum absolute atomic E-state index is 0.0190. The van der Waals surface area contributed by atoms with Crippen LogP contribution in [0.2, 0.25) is 0 Å². The van der Waals surface area contributed by atoms with Crippen molar-refractivity contribution >= 4 is 11.4 Å². The van der Waals surface area contributed by atoms with E-state index in [0.29, 0.717) is 12.1 Å². The molecule has 0 saturated heterocycles. The van der Waals surface area contributed by atoms with E-state index in [1.807, 2.05) is 12.1 Å². The summed E-state index contributed by atoms with van der Waals surface area (Å²) in [4.78, 5) is 12.9. The van der Waals surface area contributed by atoms with E-state index in [1.54, 1.807) is 13.0 Å². The number of nitro groups is 1. The van der Waals surface area contributed by atoms with Crippen LogP contribution in [0.3, 0.4) is 0 Å². The number of nitrogens with two attached hydrogens (primary N) is 1. The molecule has 0 saturated carbocycles. The van der Waals surface area contributed by atoms with Crippen LogP contribution in [0.25, 0.3) is 0 Å². The van der Waals surface area contributed by atoms with Crippen molar-refractivity contribution in [2.45, 2.75) is 34.1 Å². The third kappa shape index (κ3) is 4.20. The molecule has 0 spiro atoms. The average Bonchev–Trinajstić information content (AvgIpc) is 2.38. The van der Waals surface area contributed by atoms with E-state index in [0.717, 1.165) is 25.2 Å². The number of hydrogen-bond donors (Lipinski definition) is 1. The number of hydrogen-bond acceptors (Lipinski definition) is 4. The number of nitro benzene ring substituents is 1. The van der Waals surface area contributed by atoms with Gasteiger partial charge < -0.3 is 10.6 Å². The molecule has 0 aromatic heterocycles. The largest absolute Gasteiger partial charge is 0.371 e. The van der Waals surface area contributed by atoms with Gasteiger partial charge in [0.05, 0.1) is 4.92 Å². The summed E-state index contributed by atoms with van der Waals surface area (Å²) in [6.07, 6.45) is 0.988. The summed E-state index contributed by atoms with van der Waals surface area (Å²) in [5, 5.41) is 11.1. The Morgan fingerprint density at radius 3 is 2.55 bits per heavy atom. The predicted molar refractivity (Wildman–Crippen MR) is 83.2 cm³/mol. The van der Waals surface area contributed by atoms with Crippen molar-refractivity contribution in [2.24, 2.45) is 11.1 Å². The number of benzene rings is 1. The van der Waals surface area contributed by atoms with Gasteiger partial charge in [0, 0.05) is 30.4 Å². The minimum atomic E-state index is -0.322. The van der Waals surface area contributed by atoms with Crippen LogP contribution >= 0.6 is 0 Å². The SMILES string of the molecule is CCCN(CC(C)(C)CN)c1ccc(C)c([N+](=O)[O-])c1. The fourth-order valence-corrected chi connectivity index (χ4v) is 2.14. The molecule has 0 aliphatic heterocycles. The van der Waals surface area contributed by atoms with Crippen molar-refractivity contribution in [1.29, 1.82) is 0 Å². The highest BCUT2D eigenvalue weighted by Gasteiger charge is 2.22. The maximum atomic E-state index is 11.1. The molecule has 1 aromatic rings. The Kier molecular flexibility index (Phi) is 5.51. The molecule has 1 aromatic carbocycles. The molecule has 0 heterocycles. The van der Waals surface area contributed by atoms with Gasteiger partial charge in [-0.25, -0.2) is 0 Å². The topological polar surface area (TPSA) is 72.4 Å². The molecular formula is C15H25N3O2. The number of nitrogens with zero attached hydrogens (tertiary/aromatic N) is 2. The normalized spacial score (nSPS) is 11.4. The van der Waals surface area contributed by atoms with Crippen molar-refractivity contribution in [1.82, 2.24) is 0 Å². The molecule has 0 fully saturated rings. The lowest BCUT2D eigenvalue weighted by Crippen LogP contribution is -2.39. The first-order chi connectivity index (χ1) is 9.30. The Hall–Kier alpha value is -1.62. The second-order valence-corrected chi connectivity index (χ2v) is 6.02. The maximum Gasteiger partial charge on any atom is 0.274 e. The van der Waals surface area contributed by atoms with E-state index in [2.05, 4.69) is 25.7 Å². The van der Waals surface area contributed by atoms with Gasteiger partial charge in [0.2, 0.25) is 0 Å². The van der Waals surface area contributed by atoms with E-state index in [9.17, 15) is 10.1 Å². The molecule has 20 heavy (non-hydrogen) atoms. The van der Waals surface area contributed by atoms with Crippen molar-refractivity contribution in [3.05, 3.63) is 33.9 Å². The second kappa shape index (κ2) is 6.70. The molecule has 112 valence electrons. The lowest BCUT2D eigenvalue weighted by atomic mass is 9.92. The van der Waals surface area contributed by atoms with Gasteiger partial charge in [-0.1, -0.05) is 26.8 Å². The van der Waals surface area contributed by atoms with E-state index >= 15 is 0 Å². The lowest BCUT2D eigenvalue weighted by Gasteiger charge is -2.33. The van der Waals surface area contributed by atoms with Crippen molar-refractivity contribution in [3.8, 4) is 0 Å². The van der Waals surface area contributed by atoms with Crippen molar-refractivity contribution in [3.63, 3.8) is 0 Å². The predicted octanol–water partition coefficient (Wildman–Crippen LogP) is 3.10. The highest BCUT2D eigenvalue weighted by Crippen LogP contribution is 2.27. The molecule has 0 unspecified atom stereocenters. The Morgan fingerprint density at radius 2 is 2.05 bits per heavy atom. The smallest absolute Gasteiger partial charge is 0.274 e. The third-order valence-electron chi connectivity index (χ3n) is 3.42. The van der Waals surface area contributed by atoms with E-state index in [-0.39, 0.29) is 16.0 Å². The van der Waals surface area contributed by atoms with Gasteiger partial charge in [0.25, 0.3) is 5.69 Å². The summed E-state index contributed by atoms with van der Waals surface area (Å²) in [5.74, 6) is 0. The maximum absolute atomic E-state index is 11.1. The number of anilines is 1. The van der Waals surface area contributed by atoms with Crippen LogP contribution in [0.5, 0.6) is 0 Å². The molecule has 2 N–H and O–H groups in total. The Labute approximate surface area is 120 Å². The average molecular weight is 279 g/mol. The lowest BCUT2D eigenvalue weighted by molar-refractivity contribution is -0.385. The van der Waals surface area contributed by atoms with Crippen LogP contribution in [0.1, 0.15) is 32.8 Å². The first-order valence-corrected chi connectivity index (χ1v) is 7.01. The fourth-order valence-electron chi connectivity index (χ4n) is 2.14. The van der Waals surface area contributed by atoms with Gasteiger partial charge in [0.1, 0.15) is 0 Å². The van der Waals surface area contributed by atoms with Gasteiger partial charge in [-0.3, -0.25) is 10.1 Å². The zero-order valence-electron chi connectivity index (χ0n) is 12.8. The van der Waals surface area contributed by atoms with E-state index < -0.39 is 0 Å². The number of rotatable bonds is 7. The molecule has 0 radical (unpaired) electrons. The van der Waals surface area contributed by atoms with Crippen LogP contribution in [0.15, 0.2) is 18.2 Å². The standard InChI is InChI=1S/C15H25N3O2/c1-5-8-17(11-15(3,4)10-16)13-7-6-12(2)14(9-13)18(19)20/h6-7,9H,5,8,10-11,16H2,1-4H3. The Bertz CT molecular complexity index is 472. The highest BCUT2D eigenvalue weighted by molar-refractivity contribution is 5.56. The molecule has 0 bridgehead atoms. The van der Waals surface area contributed by atoms with Crippen molar-refractivity contribution < 1.29 is 4.92 Å². The molecule has 0 aliphatic rings. The second-order valence-electron chi connectivity index (χ2n) is 6.02. The molecule has 1 rings (SSSR count). The van der Waals surface area contributed by atoms with Crippen LogP contribution in [0.4, 0.5) is 11.4 Å². The van der Waals surface area contributed by atoms with Crippen LogP contribution in [-0.2, 0) is 0 Å². The van der Waals surface area contributed by atoms with Gasteiger partial charge in [-0.15, -0.1) is 0 Å². The summed E-state index contributed by atoms with van der Waals surface area (Å²) < 4.78 is 0. The van der Waals surface area contributed by atoms with Crippen LogP contribution < -0.4 is 10.6 Å². The minimum Gasteiger partial charge on any atom is -0.371 e. The van der Waals surface area contributed by atoms with E-state index in [1.165, 1.54) is 0 Å². The first-order valence-electron chi connectivity index (χ1n) is 7.01. The molecule has 5 heteroatoms. The monoisotopic (exact) mass is 279 g/mol. The molecule has 0 aliphatic carbocycles. The summed E-state index contributed by atoms with van der Waals surface area (Å²) in [5.41, 5.74) is 7.53. The molecule has 0 atom stereocenters. The summed E-state index contributed by atoms with van der Waals surface area (Å²) in [6, 6.07) is 5.42. The van der Waals surface area contributed by atoms with Crippen LogP contribution in [0, 0.1) is 22.5 Å². The summed E-state index contributed by atoms with van der Waals surface area (Å²) in [6.45, 7) is 10.3. The van der Waals surface area contributed by atoms with Crippen LogP contribution in [-0.4, -0.2) is 24.6 Å². The Balaban J connectivity index is 3.09. The quantitative estimate of drug-likeness (QED) is 0.615. The summed E-state index contributed by atoms with van der Waals surface area (Å²) in [7, 11) is 0. The fraction of sp³-hybridized carbons (Fsp3) is 0.600. The van der Waals surface area contributed by atoms with Gasteiger partial charge >= 0.3 is 0 Å². The summed E-state index contributed by atoms with van der Waals surface area (Å²) >= 11 is 0. The molecule has 5 nitrogen and oxygen atoms in total. The van der Waals surface area contributed by atoms with E-state index in [4.69, 9.17) is 5.73 Å². The van der Waals surface area contributed by atoms with Crippen molar-refractivity contribution in [2.75, 3.05) is 24.5 Å². The Morgan fingerprint density at radius 1 is 1.40 bits per heavy atom. The van der Waals surface area contributed by atoms with Gasteiger partial charge in [-0.05, 0) is 31.4 Å². The number of aryl methyl sites for hydroxylation is 1. The first kappa shape index (κ1) is 16.4. The molecular weight excluding hydrogens is 254 g/mol. The zero-order valence-corrected chi connectivity index (χ0v) is 12.8.